The molecule has 0 aliphatic rings. The highest BCUT2D eigenvalue weighted by Crippen LogP contribution is 2.16. The van der Waals surface area contributed by atoms with Crippen molar-refractivity contribution in [2.24, 2.45) is 0 Å². The fraction of sp³-hybridized carbons (Fsp3) is 0.0667. The van der Waals surface area contributed by atoms with E-state index in [0.717, 1.165) is 5.69 Å². The highest BCUT2D eigenvalue weighted by Gasteiger charge is 2.15. The van der Waals surface area contributed by atoms with Gasteiger partial charge in [-0.15, -0.1) is 5.06 Å². The lowest BCUT2D eigenvalue weighted by molar-refractivity contribution is -0.140. The van der Waals surface area contributed by atoms with Crippen LogP contribution in [0.25, 0.3) is 0 Å². The molecule has 0 fully saturated rings. The van der Waals surface area contributed by atoms with Gasteiger partial charge in [0.25, 0.3) is 0 Å². The molecule has 1 N–H and O–H groups in total. The second kappa shape index (κ2) is 6.68. The van der Waals surface area contributed by atoms with Crippen LogP contribution in [0.3, 0.4) is 0 Å². The fourth-order valence-electron chi connectivity index (χ4n) is 1.60. The van der Waals surface area contributed by atoms with Crippen LogP contribution >= 0.6 is 12.2 Å². The summed E-state index contributed by atoms with van der Waals surface area (Å²) >= 11 is 5.30. The molecule has 2 aromatic carbocycles. The van der Waals surface area contributed by atoms with Crippen LogP contribution in [0.2, 0.25) is 0 Å². The van der Waals surface area contributed by atoms with Gasteiger partial charge >= 0.3 is 5.97 Å². The van der Waals surface area contributed by atoms with E-state index in [4.69, 9.17) is 17.1 Å². The highest BCUT2D eigenvalue weighted by atomic mass is 32.1. The molecule has 0 atom stereocenters. The minimum atomic E-state index is -0.439. The van der Waals surface area contributed by atoms with Gasteiger partial charge in [-0.05, 0) is 36.5 Å². The second-order valence-corrected chi connectivity index (χ2v) is 4.40. The summed E-state index contributed by atoms with van der Waals surface area (Å²) in [5.41, 5.74) is 1.50. The molecular formula is C15H14N2O2S. The molecule has 0 saturated heterocycles. The van der Waals surface area contributed by atoms with Crippen LogP contribution in [0, 0.1) is 0 Å². The first-order valence-corrected chi connectivity index (χ1v) is 6.47. The van der Waals surface area contributed by atoms with Crippen molar-refractivity contribution in [2.45, 2.75) is 6.92 Å². The van der Waals surface area contributed by atoms with Crippen LogP contribution < -0.4 is 10.4 Å². The smallest absolute Gasteiger partial charge is 0.329 e. The van der Waals surface area contributed by atoms with Crippen LogP contribution in [-0.4, -0.2) is 11.1 Å². The Morgan fingerprint density at radius 1 is 1.05 bits per heavy atom. The first-order valence-electron chi connectivity index (χ1n) is 6.06. The second-order valence-electron chi connectivity index (χ2n) is 4.01. The summed E-state index contributed by atoms with van der Waals surface area (Å²) in [7, 11) is 0. The van der Waals surface area contributed by atoms with E-state index in [-0.39, 0.29) is 5.11 Å². The molecular weight excluding hydrogens is 272 g/mol. The van der Waals surface area contributed by atoms with Gasteiger partial charge in [-0.3, -0.25) is 0 Å². The van der Waals surface area contributed by atoms with Gasteiger partial charge in [-0.2, -0.15) is 0 Å². The molecule has 0 aliphatic carbocycles. The molecule has 0 amide bonds. The number of carbonyl (C=O) groups excluding carboxylic acids is 1. The Labute approximate surface area is 122 Å². The minimum absolute atomic E-state index is 0.289. The Hall–Kier alpha value is -2.40. The number of nitrogens with one attached hydrogen (secondary N) is 1. The lowest BCUT2D eigenvalue weighted by Gasteiger charge is -2.23. The summed E-state index contributed by atoms with van der Waals surface area (Å²) in [6.07, 6.45) is 0. The molecule has 0 bridgehead atoms. The topological polar surface area (TPSA) is 41.6 Å². The van der Waals surface area contributed by atoms with E-state index < -0.39 is 5.97 Å². The van der Waals surface area contributed by atoms with Crippen molar-refractivity contribution in [2.75, 3.05) is 10.4 Å². The first kappa shape index (κ1) is 14.0. The van der Waals surface area contributed by atoms with Crippen molar-refractivity contribution in [3.8, 4) is 0 Å². The Balaban J connectivity index is 2.18. The lowest BCUT2D eigenvalue weighted by Crippen LogP contribution is -2.36. The zero-order valence-corrected chi connectivity index (χ0v) is 11.8. The van der Waals surface area contributed by atoms with Crippen LogP contribution in [0.5, 0.6) is 0 Å². The number of nitrogens with zero attached hydrogens (tertiary/aromatic N) is 1. The summed E-state index contributed by atoms with van der Waals surface area (Å²) in [6, 6.07) is 18.6. The first-order chi connectivity index (χ1) is 9.66. The van der Waals surface area contributed by atoms with Crippen LogP contribution in [0.4, 0.5) is 11.4 Å². The quantitative estimate of drug-likeness (QED) is 0.677. The molecule has 2 rings (SSSR count). The third-order valence-electron chi connectivity index (χ3n) is 2.42. The predicted molar refractivity (Wildman–Crippen MR) is 83.3 cm³/mol. The molecule has 2 aromatic rings. The number of hydroxylamine groups is 1. The van der Waals surface area contributed by atoms with Gasteiger partial charge in [0.05, 0.1) is 5.69 Å². The van der Waals surface area contributed by atoms with Gasteiger partial charge in [0, 0.05) is 12.6 Å². The Morgan fingerprint density at radius 3 is 2.15 bits per heavy atom. The van der Waals surface area contributed by atoms with Gasteiger partial charge in [0.1, 0.15) is 0 Å². The minimum Gasteiger partial charge on any atom is -0.334 e. The SMILES string of the molecule is CC(=O)ON(C(=S)Nc1ccccc1)c1ccccc1. The van der Waals surface area contributed by atoms with E-state index in [1.54, 1.807) is 0 Å². The fourth-order valence-corrected chi connectivity index (χ4v) is 1.86. The van der Waals surface area contributed by atoms with Gasteiger partial charge in [0.2, 0.25) is 5.11 Å². The zero-order chi connectivity index (χ0) is 14.4. The number of hydrogen-bond acceptors (Lipinski definition) is 3. The average molecular weight is 286 g/mol. The van der Waals surface area contributed by atoms with Crippen molar-refractivity contribution in [3.05, 3.63) is 60.7 Å². The molecule has 0 saturated carbocycles. The lowest BCUT2D eigenvalue weighted by atomic mass is 10.3. The molecule has 0 radical (unpaired) electrons. The largest absolute Gasteiger partial charge is 0.334 e. The monoisotopic (exact) mass is 286 g/mol. The number of hydrogen-bond donors (Lipinski definition) is 1. The molecule has 4 nitrogen and oxygen atoms in total. The van der Waals surface area contributed by atoms with E-state index in [0.29, 0.717) is 5.69 Å². The van der Waals surface area contributed by atoms with Crippen LogP contribution in [0.15, 0.2) is 60.7 Å². The van der Waals surface area contributed by atoms with E-state index in [2.05, 4.69) is 5.32 Å². The summed E-state index contributed by atoms with van der Waals surface area (Å²) < 4.78 is 0. The maximum Gasteiger partial charge on any atom is 0.329 e. The van der Waals surface area contributed by atoms with Crippen molar-refractivity contribution in [3.63, 3.8) is 0 Å². The molecule has 102 valence electrons. The average Bonchev–Trinajstić information content (AvgIpc) is 2.46. The number of anilines is 2. The number of rotatable bonds is 2. The molecule has 0 aliphatic heterocycles. The van der Waals surface area contributed by atoms with Gasteiger partial charge in [-0.1, -0.05) is 36.4 Å². The maximum atomic E-state index is 11.2. The summed E-state index contributed by atoms with van der Waals surface area (Å²) in [5.74, 6) is -0.439. The Kier molecular flexibility index (Phi) is 4.68. The maximum absolute atomic E-state index is 11.2. The number of para-hydroxylation sites is 2. The number of carbonyl (C=O) groups is 1. The van der Waals surface area contributed by atoms with Crippen molar-refractivity contribution >= 4 is 34.7 Å². The van der Waals surface area contributed by atoms with E-state index in [1.807, 2.05) is 60.7 Å². The van der Waals surface area contributed by atoms with Gasteiger partial charge in [0.15, 0.2) is 0 Å². The predicted octanol–water partition coefficient (Wildman–Crippen LogP) is 3.37. The zero-order valence-electron chi connectivity index (χ0n) is 10.9. The molecule has 5 heteroatoms. The van der Waals surface area contributed by atoms with Gasteiger partial charge < -0.3 is 10.2 Å². The number of benzene rings is 2. The molecule has 0 unspecified atom stereocenters. The van der Waals surface area contributed by atoms with Crippen LogP contribution in [-0.2, 0) is 9.63 Å². The third kappa shape index (κ3) is 3.80. The van der Waals surface area contributed by atoms with Crippen molar-refractivity contribution in [1.82, 2.24) is 0 Å². The van der Waals surface area contributed by atoms with Crippen LogP contribution in [0.1, 0.15) is 6.92 Å². The summed E-state index contributed by atoms with van der Waals surface area (Å²) in [4.78, 5) is 16.4. The standard InChI is InChI=1S/C15H14N2O2S/c1-12(18)19-17(14-10-6-3-7-11-14)15(20)16-13-8-4-2-5-9-13/h2-11H,1H3,(H,16,20). The van der Waals surface area contributed by atoms with E-state index in [1.165, 1.54) is 12.0 Å². The van der Waals surface area contributed by atoms with Gasteiger partial charge in [-0.25, -0.2) is 4.79 Å². The Bertz CT molecular complexity index is 587. The highest BCUT2D eigenvalue weighted by molar-refractivity contribution is 7.80. The summed E-state index contributed by atoms with van der Waals surface area (Å²) in [5, 5.41) is 4.61. The Morgan fingerprint density at radius 2 is 1.60 bits per heavy atom. The summed E-state index contributed by atoms with van der Waals surface area (Å²) in [6.45, 7) is 1.33. The molecule has 0 spiro atoms. The van der Waals surface area contributed by atoms with E-state index >= 15 is 0 Å². The normalized spacial score (nSPS) is 9.65. The van der Waals surface area contributed by atoms with Crippen molar-refractivity contribution in [1.29, 1.82) is 0 Å². The molecule has 0 aromatic heterocycles. The molecule has 20 heavy (non-hydrogen) atoms. The molecule has 0 heterocycles. The third-order valence-corrected chi connectivity index (χ3v) is 2.69. The van der Waals surface area contributed by atoms with E-state index in [9.17, 15) is 4.79 Å². The number of thiocarbonyl (C=S) groups is 1. The van der Waals surface area contributed by atoms with Crippen molar-refractivity contribution < 1.29 is 9.63 Å².